The first-order valence-electron chi connectivity index (χ1n) is 11.7. The van der Waals surface area contributed by atoms with Crippen molar-refractivity contribution in [2.24, 2.45) is 0 Å². The van der Waals surface area contributed by atoms with Gasteiger partial charge in [0.2, 0.25) is 5.91 Å². The van der Waals surface area contributed by atoms with Gasteiger partial charge in [-0.2, -0.15) is 0 Å². The fourth-order valence-electron chi connectivity index (χ4n) is 3.49. The average molecular weight is 529 g/mol. The molecule has 0 atom stereocenters. The van der Waals surface area contributed by atoms with E-state index in [2.05, 4.69) is 55.0 Å². The van der Waals surface area contributed by atoms with Crippen LogP contribution in [0.3, 0.4) is 0 Å². The molecule has 3 aromatic rings. The summed E-state index contributed by atoms with van der Waals surface area (Å²) < 4.78 is 13.2. The van der Waals surface area contributed by atoms with Gasteiger partial charge in [-0.05, 0) is 47.7 Å². The molecule has 2 aromatic carbocycles. The summed E-state index contributed by atoms with van der Waals surface area (Å²) in [7, 11) is 1.54. The second-order valence-electron chi connectivity index (χ2n) is 9.21. The van der Waals surface area contributed by atoms with E-state index in [4.69, 9.17) is 21.1 Å². The van der Waals surface area contributed by atoms with Crippen molar-refractivity contribution < 1.29 is 14.3 Å². The molecule has 0 aliphatic heterocycles. The Morgan fingerprint density at radius 1 is 1.19 bits per heavy atom. The summed E-state index contributed by atoms with van der Waals surface area (Å²) in [6.07, 6.45) is 3.28. The molecule has 36 heavy (non-hydrogen) atoms. The summed E-state index contributed by atoms with van der Waals surface area (Å²) >= 11 is 7.36. The largest absolute Gasteiger partial charge is 0.495 e. The highest BCUT2D eigenvalue weighted by Crippen LogP contribution is 2.28. The molecular weight excluding hydrogens is 496 g/mol. The van der Waals surface area contributed by atoms with E-state index < -0.39 is 0 Å². The summed E-state index contributed by atoms with van der Waals surface area (Å²) in [5.74, 6) is 2.21. The Morgan fingerprint density at radius 2 is 1.94 bits per heavy atom. The lowest BCUT2D eigenvalue weighted by Crippen LogP contribution is -2.15. The van der Waals surface area contributed by atoms with Gasteiger partial charge in [-0.15, -0.1) is 16.8 Å². The highest BCUT2D eigenvalue weighted by molar-refractivity contribution is 7.99. The Hall–Kier alpha value is -2.97. The van der Waals surface area contributed by atoms with E-state index in [0.29, 0.717) is 41.2 Å². The minimum absolute atomic E-state index is 0.117. The number of aromatic nitrogens is 3. The van der Waals surface area contributed by atoms with E-state index >= 15 is 0 Å². The van der Waals surface area contributed by atoms with Gasteiger partial charge in [0.25, 0.3) is 0 Å². The quantitative estimate of drug-likeness (QED) is 0.172. The zero-order valence-electron chi connectivity index (χ0n) is 21.2. The van der Waals surface area contributed by atoms with Gasteiger partial charge >= 0.3 is 0 Å². The minimum atomic E-state index is -0.193. The number of nitrogens with one attached hydrogen (secondary N) is 1. The zero-order valence-corrected chi connectivity index (χ0v) is 22.8. The number of allylic oxidation sites excluding steroid dienone is 1. The van der Waals surface area contributed by atoms with Crippen molar-refractivity contribution in [2.75, 3.05) is 24.8 Å². The average Bonchev–Trinajstić information content (AvgIpc) is 3.22. The van der Waals surface area contributed by atoms with Crippen molar-refractivity contribution in [3.63, 3.8) is 0 Å². The SMILES string of the molecule is C=CCn1c(CCCOc2ccc(C(C)(C)C)cc2)nnc1SCC(=O)Nc1cc(Cl)ccc1OC. The number of hydrogen-bond donors (Lipinski definition) is 1. The molecule has 1 N–H and O–H groups in total. The lowest BCUT2D eigenvalue weighted by molar-refractivity contribution is -0.113. The number of rotatable bonds is 12. The third-order valence-corrected chi connectivity index (χ3v) is 6.61. The lowest BCUT2D eigenvalue weighted by Gasteiger charge is -2.19. The summed E-state index contributed by atoms with van der Waals surface area (Å²) in [5, 5.41) is 12.6. The smallest absolute Gasteiger partial charge is 0.234 e. The number of aryl methyl sites for hydroxylation is 1. The molecule has 0 saturated carbocycles. The third-order valence-electron chi connectivity index (χ3n) is 5.41. The van der Waals surface area contributed by atoms with Gasteiger partial charge in [0, 0.05) is 18.0 Å². The van der Waals surface area contributed by atoms with E-state index in [-0.39, 0.29) is 17.1 Å². The molecule has 1 aromatic heterocycles. The molecule has 0 radical (unpaired) electrons. The lowest BCUT2D eigenvalue weighted by atomic mass is 9.87. The van der Waals surface area contributed by atoms with Crippen LogP contribution in [-0.2, 0) is 23.2 Å². The molecule has 3 rings (SSSR count). The van der Waals surface area contributed by atoms with Gasteiger partial charge in [-0.3, -0.25) is 4.79 Å². The highest BCUT2D eigenvalue weighted by Gasteiger charge is 2.15. The Kier molecular flexibility index (Phi) is 9.84. The molecule has 7 nitrogen and oxygen atoms in total. The summed E-state index contributed by atoms with van der Waals surface area (Å²) in [6, 6.07) is 13.3. The first kappa shape index (κ1) is 27.6. The van der Waals surface area contributed by atoms with Crippen molar-refractivity contribution in [3.8, 4) is 11.5 Å². The molecule has 1 heterocycles. The number of nitrogens with zero attached hydrogens (tertiary/aromatic N) is 3. The van der Waals surface area contributed by atoms with Crippen LogP contribution in [0.15, 0.2) is 60.3 Å². The van der Waals surface area contributed by atoms with Crippen LogP contribution in [0, 0.1) is 0 Å². The number of amides is 1. The van der Waals surface area contributed by atoms with E-state index in [1.807, 2.05) is 16.7 Å². The Bertz CT molecular complexity index is 1170. The van der Waals surface area contributed by atoms with Crippen LogP contribution in [0.2, 0.25) is 5.02 Å². The monoisotopic (exact) mass is 528 g/mol. The molecular formula is C27H33ClN4O3S. The van der Waals surface area contributed by atoms with Crippen LogP contribution in [0.1, 0.15) is 38.6 Å². The van der Waals surface area contributed by atoms with Crippen LogP contribution in [0.5, 0.6) is 11.5 Å². The van der Waals surface area contributed by atoms with Crippen molar-refractivity contribution in [1.82, 2.24) is 14.8 Å². The number of anilines is 1. The van der Waals surface area contributed by atoms with Crippen LogP contribution >= 0.6 is 23.4 Å². The third kappa shape index (κ3) is 7.77. The number of hydrogen-bond acceptors (Lipinski definition) is 6. The van der Waals surface area contributed by atoms with E-state index in [1.165, 1.54) is 17.3 Å². The molecule has 0 aliphatic carbocycles. The van der Waals surface area contributed by atoms with Crippen molar-refractivity contribution in [3.05, 3.63) is 71.5 Å². The maximum Gasteiger partial charge on any atom is 0.234 e. The minimum Gasteiger partial charge on any atom is -0.495 e. The van der Waals surface area contributed by atoms with Crippen LogP contribution in [0.4, 0.5) is 5.69 Å². The van der Waals surface area contributed by atoms with Gasteiger partial charge in [-0.1, -0.05) is 62.3 Å². The molecule has 0 bridgehead atoms. The summed E-state index contributed by atoms with van der Waals surface area (Å²) in [6.45, 7) is 11.5. The van der Waals surface area contributed by atoms with Crippen LogP contribution in [-0.4, -0.2) is 40.1 Å². The Morgan fingerprint density at radius 3 is 2.61 bits per heavy atom. The second-order valence-corrected chi connectivity index (χ2v) is 10.6. The van der Waals surface area contributed by atoms with Gasteiger partial charge in [-0.25, -0.2) is 0 Å². The first-order chi connectivity index (χ1) is 17.2. The maximum absolute atomic E-state index is 12.5. The van der Waals surface area contributed by atoms with Gasteiger partial charge in [0.15, 0.2) is 5.16 Å². The molecule has 0 aliphatic rings. The Labute approximate surface area is 222 Å². The predicted molar refractivity (Wildman–Crippen MR) is 147 cm³/mol. The summed E-state index contributed by atoms with van der Waals surface area (Å²) in [5.41, 5.74) is 1.92. The van der Waals surface area contributed by atoms with Gasteiger partial charge in [0.1, 0.15) is 17.3 Å². The standard InChI is InChI=1S/C27H33ClN4O3S/c1-6-15-32-24(8-7-16-35-21-12-9-19(10-13-21)27(2,3)4)30-31-26(32)36-18-25(33)29-22-17-20(28)11-14-23(22)34-5/h6,9-14,17H,1,7-8,15-16,18H2,2-5H3,(H,29,33). The number of methoxy groups -OCH3 is 1. The number of carbonyl (C=O) groups is 1. The fourth-order valence-corrected chi connectivity index (χ4v) is 4.43. The van der Waals surface area contributed by atoms with Gasteiger partial charge in [0.05, 0.1) is 25.2 Å². The molecule has 0 spiro atoms. The van der Waals surface area contributed by atoms with E-state index in [1.54, 1.807) is 31.4 Å². The molecule has 0 saturated heterocycles. The van der Waals surface area contributed by atoms with Crippen molar-refractivity contribution in [1.29, 1.82) is 0 Å². The number of benzene rings is 2. The molecule has 9 heteroatoms. The molecule has 1 amide bonds. The molecule has 192 valence electrons. The van der Waals surface area contributed by atoms with Crippen LogP contribution in [0.25, 0.3) is 0 Å². The molecule has 0 fully saturated rings. The molecule has 0 unspecified atom stereocenters. The first-order valence-corrected chi connectivity index (χ1v) is 13.1. The van der Waals surface area contributed by atoms with E-state index in [9.17, 15) is 4.79 Å². The summed E-state index contributed by atoms with van der Waals surface area (Å²) in [4.78, 5) is 12.5. The number of carbonyl (C=O) groups excluding carboxylic acids is 1. The van der Waals surface area contributed by atoms with Crippen molar-refractivity contribution in [2.45, 2.75) is 50.7 Å². The number of ether oxygens (including phenoxy) is 2. The maximum atomic E-state index is 12.5. The van der Waals surface area contributed by atoms with E-state index in [0.717, 1.165) is 18.0 Å². The number of halogens is 1. The van der Waals surface area contributed by atoms with Crippen molar-refractivity contribution >= 4 is 35.0 Å². The highest BCUT2D eigenvalue weighted by atomic mass is 35.5. The predicted octanol–water partition coefficient (Wildman–Crippen LogP) is 6.17. The second kappa shape index (κ2) is 12.8. The van der Waals surface area contributed by atoms with Gasteiger partial charge < -0.3 is 19.4 Å². The topological polar surface area (TPSA) is 78.3 Å². The zero-order chi connectivity index (χ0) is 26.1. The normalized spacial score (nSPS) is 11.2. The van der Waals surface area contributed by atoms with Crippen LogP contribution < -0.4 is 14.8 Å². The number of thioether (sulfide) groups is 1. The Balaban J connectivity index is 1.52. The fraction of sp³-hybridized carbons (Fsp3) is 0.370.